The summed E-state index contributed by atoms with van der Waals surface area (Å²) in [7, 11) is 1.91. The number of aliphatic carboxylic acids is 1. The summed E-state index contributed by atoms with van der Waals surface area (Å²) in [6, 6.07) is 1.85. The van der Waals surface area contributed by atoms with Gasteiger partial charge in [0, 0.05) is 31.5 Å². The zero-order valence-corrected chi connectivity index (χ0v) is 15.9. The van der Waals surface area contributed by atoms with Crippen molar-refractivity contribution in [2.45, 2.75) is 53.1 Å². The van der Waals surface area contributed by atoms with E-state index in [-0.39, 0.29) is 12.5 Å². The predicted molar refractivity (Wildman–Crippen MR) is 95.6 cm³/mol. The summed E-state index contributed by atoms with van der Waals surface area (Å²) in [6.45, 7) is 8.33. The molecule has 0 unspecified atom stereocenters. The van der Waals surface area contributed by atoms with Gasteiger partial charge in [-0.1, -0.05) is 13.8 Å². The van der Waals surface area contributed by atoms with Crippen molar-refractivity contribution in [1.82, 2.24) is 9.47 Å². The van der Waals surface area contributed by atoms with Gasteiger partial charge in [-0.3, -0.25) is 9.59 Å². The van der Waals surface area contributed by atoms with Crippen LogP contribution in [0.1, 0.15) is 54.9 Å². The summed E-state index contributed by atoms with van der Waals surface area (Å²) < 4.78 is 1.95. The number of rotatable bonds is 5. The SMILES string of the molecule is Cc1cc(C(=O)N2CC[C@H](O)[C@](CCC(C)C)(C(=O)O)C2)c(C)n1C. The molecule has 1 fully saturated rings. The molecule has 0 bridgehead atoms. The molecule has 1 saturated heterocycles. The van der Waals surface area contributed by atoms with Crippen LogP contribution in [-0.4, -0.2) is 50.8 Å². The van der Waals surface area contributed by atoms with Crippen molar-refractivity contribution in [1.29, 1.82) is 0 Å². The minimum atomic E-state index is -1.28. The number of likely N-dealkylation sites (tertiary alicyclic amines) is 1. The van der Waals surface area contributed by atoms with Crippen LogP contribution in [0.5, 0.6) is 0 Å². The molecule has 6 heteroatoms. The monoisotopic (exact) mass is 350 g/mol. The van der Waals surface area contributed by atoms with Crippen LogP contribution < -0.4 is 0 Å². The lowest BCUT2D eigenvalue weighted by Gasteiger charge is -2.43. The van der Waals surface area contributed by atoms with Crippen molar-refractivity contribution in [3.8, 4) is 0 Å². The largest absolute Gasteiger partial charge is 0.481 e. The lowest BCUT2D eigenvalue weighted by atomic mass is 9.72. The molecule has 2 N–H and O–H groups in total. The first-order valence-electron chi connectivity index (χ1n) is 8.93. The van der Waals surface area contributed by atoms with E-state index >= 15 is 0 Å². The van der Waals surface area contributed by atoms with E-state index in [1.807, 2.05) is 45.4 Å². The maximum absolute atomic E-state index is 13.0. The van der Waals surface area contributed by atoms with E-state index in [4.69, 9.17) is 0 Å². The van der Waals surface area contributed by atoms with Crippen LogP contribution in [0, 0.1) is 25.2 Å². The number of aliphatic hydroxyl groups excluding tert-OH is 1. The molecule has 0 saturated carbocycles. The van der Waals surface area contributed by atoms with Gasteiger partial charge in [0.25, 0.3) is 5.91 Å². The molecule has 1 aromatic rings. The lowest BCUT2D eigenvalue weighted by molar-refractivity contribution is -0.163. The molecular weight excluding hydrogens is 320 g/mol. The van der Waals surface area contributed by atoms with Crippen molar-refractivity contribution in [2.24, 2.45) is 18.4 Å². The van der Waals surface area contributed by atoms with E-state index in [0.717, 1.165) is 11.4 Å². The van der Waals surface area contributed by atoms with Crippen LogP contribution in [0.4, 0.5) is 0 Å². The molecule has 0 aliphatic carbocycles. The number of carbonyl (C=O) groups excluding carboxylic acids is 1. The third kappa shape index (κ3) is 3.59. The molecule has 0 aromatic carbocycles. The van der Waals surface area contributed by atoms with Crippen molar-refractivity contribution in [3.63, 3.8) is 0 Å². The molecule has 6 nitrogen and oxygen atoms in total. The number of nitrogens with zero attached hydrogens (tertiary/aromatic N) is 2. The standard InChI is InChI=1S/C19H30N2O4/c1-12(2)6-8-19(18(24)25)11-21(9-7-16(19)22)17(23)15-10-13(3)20(5)14(15)4/h10,12,16,22H,6-9,11H2,1-5H3,(H,24,25)/t16-,19+/m0/s1. The van der Waals surface area contributed by atoms with Crippen LogP contribution in [0.2, 0.25) is 0 Å². The quantitative estimate of drug-likeness (QED) is 0.854. The molecule has 1 aliphatic heterocycles. The van der Waals surface area contributed by atoms with Gasteiger partial charge in [0.05, 0.1) is 11.7 Å². The minimum Gasteiger partial charge on any atom is -0.481 e. The molecule has 2 rings (SSSR count). The Morgan fingerprint density at radius 3 is 2.48 bits per heavy atom. The molecule has 0 radical (unpaired) electrons. The van der Waals surface area contributed by atoms with E-state index in [1.54, 1.807) is 4.90 Å². The molecule has 140 valence electrons. The highest BCUT2D eigenvalue weighted by Crippen LogP contribution is 2.37. The predicted octanol–water partition coefficient (Wildman–Crippen LogP) is 2.36. The highest BCUT2D eigenvalue weighted by Gasteiger charge is 2.50. The van der Waals surface area contributed by atoms with Crippen molar-refractivity contribution in [3.05, 3.63) is 23.0 Å². The summed E-state index contributed by atoms with van der Waals surface area (Å²) in [4.78, 5) is 26.6. The summed E-state index contributed by atoms with van der Waals surface area (Å²) in [5.41, 5.74) is 1.19. The lowest BCUT2D eigenvalue weighted by Crippen LogP contribution is -2.57. The van der Waals surface area contributed by atoms with Gasteiger partial charge in [-0.2, -0.15) is 0 Å². The Bertz CT molecular complexity index is 665. The number of hydrogen-bond acceptors (Lipinski definition) is 3. The molecule has 1 aromatic heterocycles. The summed E-state index contributed by atoms with van der Waals surface area (Å²) in [5.74, 6) is -0.823. The Morgan fingerprint density at radius 1 is 1.36 bits per heavy atom. The first kappa shape index (κ1) is 19.5. The molecule has 2 atom stereocenters. The molecule has 1 aliphatic rings. The number of carboxylic acids is 1. The van der Waals surface area contributed by atoms with Gasteiger partial charge in [0.2, 0.25) is 0 Å². The highest BCUT2D eigenvalue weighted by molar-refractivity contribution is 5.96. The van der Waals surface area contributed by atoms with Gasteiger partial charge >= 0.3 is 5.97 Å². The number of aromatic nitrogens is 1. The summed E-state index contributed by atoms with van der Waals surface area (Å²) in [5, 5.41) is 20.3. The molecular formula is C19H30N2O4. The van der Waals surface area contributed by atoms with E-state index in [0.29, 0.717) is 37.3 Å². The number of carbonyl (C=O) groups is 2. The second-order valence-electron chi connectivity index (χ2n) is 7.77. The summed E-state index contributed by atoms with van der Waals surface area (Å²) in [6.07, 6.45) is 0.444. The van der Waals surface area contributed by atoms with Gasteiger partial charge in [0.1, 0.15) is 5.41 Å². The average molecular weight is 350 g/mol. The molecule has 2 heterocycles. The van der Waals surface area contributed by atoms with E-state index < -0.39 is 17.5 Å². The number of piperidine rings is 1. The third-order valence-electron chi connectivity index (χ3n) is 5.67. The van der Waals surface area contributed by atoms with Crippen LogP contribution in [0.15, 0.2) is 6.07 Å². The number of hydrogen-bond donors (Lipinski definition) is 2. The molecule has 1 amide bonds. The van der Waals surface area contributed by atoms with Crippen LogP contribution in [0.25, 0.3) is 0 Å². The zero-order chi connectivity index (χ0) is 18.9. The first-order chi connectivity index (χ1) is 11.6. The van der Waals surface area contributed by atoms with Crippen LogP contribution >= 0.6 is 0 Å². The second kappa shape index (κ2) is 7.20. The Kier molecular flexibility index (Phi) is 5.62. The van der Waals surface area contributed by atoms with E-state index in [1.165, 1.54) is 0 Å². The van der Waals surface area contributed by atoms with Gasteiger partial charge in [-0.05, 0) is 45.1 Å². The van der Waals surface area contributed by atoms with Crippen LogP contribution in [0.3, 0.4) is 0 Å². The van der Waals surface area contributed by atoms with Crippen molar-refractivity contribution >= 4 is 11.9 Å². The Balaban J connectivity index is 2.29. The number of amides is 1. The Labute approximate surface area is 149 Å². The molecule has 25 heavy (non-hydrogen) atoms. The van der Waals surface area contributed by atoms with E-state index in [2.05, 4.69) is 0 Å². The van der Waals surface area contributed by atoms with Crippen molar-refractivity contribution in [2.75, 3.05) is 13.1 Å². The Hall–Kier alpha value is -1.82. The number of aliphatic hydroxyl groups is 1. The van der Waals surface area contributed by atoms with E-state index in [9.17, 15) is 19.8 Å². The minimum absolute atomic E-state index is 0.0580. The fraction of sp³-hybridized carbons (Fsp3) is 0.684. The smallest absolute Gasteiger partial charge is 0.314 e. The topological polar surface area (TPSA) is 82.8 Å². The van der Waals surface area contributed by atoms with Gasteiger partial charge < -0.3 is 19.7 Å². The maximum Gasteiger partial charge on any atom is 0.314 e. The fourth-order valence-electron chi connectivity index (χ4n) is 3.60. The second-order valence-corrected chi connectivity index (χ2v) is 7.77. The third-order valence-corrected chi connectivity index (χ3v) is 5.67. The first-order valence-corrected chi connectivity index (χ1v) is 8.93. The normalized spacial score (nSPS) is 24.0. The zero-order valence-electron chi connectivity index (χ0n) is 15.9. The fourth-order valence-corrected chi connectivity index (χ4v) is 3.60. The van der Waals surface area contributed by atoms with Gasteiger partial charge in [-0.15, -0.1) is 0 Å². The van der Waals surface area contributed by atoms with Crippen molar-refractivity contribution < 1.29 is 19.8 Å². The Morgan fingerprint density at radius 2 is 2.00 bits per heavy atom. The maximum atomic E-state index is 13.0. The number of carboxylic acid groups (broad SMARTS) is 1. The number of aryl methyl sites for hydroxylation is 1. The average Bonchev–Trinajstić information content (AvgIpc) is 2.80. The van der Waals surface area contributed by atoms with Crippen LogP contribution in [-0.2, 0) is 11.8 Å². The highest BCUT2D eigenvalue weighted by atomic mass is 16.4. The van der Waals surface area contributed by atoms with Gasteiger partial charge in [0.15, 0.2) is 0 Å². The summed E-state index contributed by atoms with van der Waals surface area (Å²) >= 11 is 0. The molecule has 0 spiro atoms. The van der Waals surface area contributed by atoms with Gasteiger partial charge in [-0.25, -0.2) is 0 Å².